The van der Waals surface area contributed by atoms with Gasteiger partial charge in [-0.3, -0.25) is 4.79 Å². The van der Waals surface area contributed by atoms with E-state index in [2.05, 4.69) is 12.2 Å². The first-order valence-corrected chi connectivity index (χ1v) is 6.41. The van der Waals surface area contributed by atoms with Gasteiger partial charge in [0.2, 0.25) is 5.91 Å². The Morgan fingerprint density at radius 3 is 2.50 bits per heavy atom. The molecule has 18 heavy (non-hydrogen) atoms. The Morgan fingerprint density at radius 2 is 2.00 bits per heavy atom. The molecular weight excluding hydrogens is 234 g/mol. The minimum Gasteiger partial charge on any atom is -0.479 e. The molecule has 0 aromatic heterocycles. The van der Waals surface area contributed by atoms with E-state index < -0.39 is 11.6 Å². The summed E-state index contributed by atoms with van der Waals surface area (Å²) in [5.74, 6) is -0.787. The number of hydrogen-bond acceptors (Lipinski definition) is 3. The molecule has 0 bridgehead atoms. The van der Waals surface area contributed by atoms with Crippen molar-refractivity contribution in [2.45, 2.75) is 37.7 Å². The van der Waals surface area contributed by atoms with Crippen LogP contribution in [0.5, 0.6) is 0 Å². The van der Waals surface area contributed by atoms with Gasteiger partial charge in [0.1, 0.15) is 0 Å². The zero-order chi connectivity index (χ0) is 13.2. The third kappa shape index (κ3) is 2.72. The topological polar surface area (TPSA) is 77.8 Å². The predicted octanol–water partition coefficient (Wildman–Crippen LogP) is 0.781. The number of piperidine rings is 1. The molecular formula is C13H19NO4. The fourth-order valence-electron chi connectivity index (χ4n) is 2.56. The van der Waals surface area contributed by atoms with Gasteiger partial charge >= 0.3 is 5.97 Å². The molecule has 1 aliphatic carbocycles. The molecule has 5 nitrogen and oxygen atoms in total. The van der Waals surface area contributed by atoms with Gasteiger partial charge in [-0.2, -0.15) is 0 Å². The summed E-state index contributed by atoms with van der Waals surface area (Å²) in [4.78, 5) is 24.5. The number of hydrogen-bond donors (Lipinski definition) is 2. The van der Waals surface area contributed by atoms with Crippen LogP contribution in [-0.2, 0) is 9.59 Å². The fraction of sp³-hybridized carbons (Fsp3) is 0.692. The Bertz CT molecular complexity index is 369. The number of nitrogens with zero attached hydrogens (tertiary/aromatic N) is 1. The van der Waals surface area contributed by atoms with Crippen molar-refractivity contribution < 1.29 is 19.8 Å². The van der Waals surface area contributed by atoms with Crippen LogP contribution >= 0.6 is 0 Å². The molecule has 0 aromatic rings. The maximum atomic E-state index is 12.0. The van der Waals surface area contributed by atoms with Gasteiger partial charge in [0.15, 0.2) is 5.60 Å². The van der Waals surface area contributed by atoms with E-state index in [1.54, 1.807) is 4.90 Å². The largest absolute Gasteiger partial charge is 0.479 e. The quantitative estimate of drug-likeness (QED) is 0.729. The molecule has 100 valence electrons. The molecule has 0 unspecified atom stereocenters. The van der Waals surface area contributed by atoms with Crippen LogP contribution in [0.1, 0.15) is 32.1 Å². The number of carbonyl (C=O) groups excluding carboxylic acids is 1. The molecule has 5 heteroatoms. The van der Waals surface area contributed by atoms with Gasteiger partial charge in [0, 0.05) is 32.4 Å². The normalized spacial score (nSPS) is 26.3. The van der Waals surface area contributed by atoms with Crippen LogP contribution in [-0.4, -0.2) is 45.7 Å². The number of aliphatic carboxylic acids is 1. The van der Waals surface area contributed by atoms with Crippen molar-refractivity contribution in [3.8, 4) is 0 Å². The van der Waals surface area contributed by atoms with Crippen molar-refractivity contribution in [1.29, 1.82) is 0 Å². The maximum absolute atomic E-state index is 12.0. The maximum Gasteiger partial charge on any atom is 0.335 e. The van der Waals surface area contributed by atoms with Crippen LogP contribution in [0.3, 0.4) is 0 Å². The number of carbonyl (C=O) groups is 2. The second-order valence-corrected chi connectivity index (χ2v) is 5.19. The summed E-state index contributed by atoms with van der Waals surface area (Å²) in [6, 6.07) is 0. The van der Waals surface area contributed by atoms with Crippen LogP contribution in [0.4, 0.5) is 0 Å². The van der Waals surface area contributed by atoms with E-state index in [9.17, 15) is 14.7 Å². The van der Waals surface area contributed by atoms with Crippen LogP contribution < -0.4 is 0 Å². The second-order valence-electron chi connectivity index (χ2n) is 5.19. The summed E-state index contributed by atoms with van der Waals surface area (Å²) in [6.07, 6.45) is 6.98. The van der Waals surface area contributed by atoms with E-state index in [1.807, 2.05) is 0 Å². The lowest BCUT2D eigenvalue weighted by Gasteiger charge is -2.35. The average molecular weight is 253 g/mol. The molecule has 0 spiro atoms. The number of carboxylic acids is 1. The highest BCUT2D eigenvalue weighted by Crippen LogP contribution is 2.25. The standard InChI is InChI=1S/C13H19NO4/c15-11(9-10-3-1-2-4-10)14-7-5-13(18,6-8-14)12(16)17/h1,3,10,18H,2,4-9H2,(H,16,17)/t10-/m0/s1. The lowest BCUT2D eigenvalue weighted by atomic mass is 9.91. The van der Waals surface area contributed by atoms with E-state index >= 15 is 0 Å². The van der Waals surface area contributed by atoms with E-state index in [0.717, 1.165) is 12.8 Å². The van der Waals surface area contributed by atoms with Crippen LogP contribution in [0.15, 0.2) is 12.2 Å². The Hall–Kier alpha value is -1.36. The second kappa shape index (κ2) is 5.10. The molecule has 1 heterocycles. The summed E-state index contributed by atoms with van der Waals surface area (Å²) in [7, 11) is 0. The number of allylic oxidation sites excluding steroid dienone is 2. The summed E-state index contributed by atoms with van der Waals surface area (Å²) < 4.78 is 0. The number of carboxylic acid groups (broad SMARTS) is 1. The van der Waals surface area contributed by atoms with Crippen molar-refractivity contribution in [2.75, 3.05) is 13.1 Å². The highest BCUT2D eigenvalue weighted by molar-refractivity contribution is 5.79. The Balaban J connectivity index is 1.83. The first-order chi connectivity index (χ1) is 8.51. The van der Waals surface area contributed by atoms with Crippen molar-refractivity contribution in [3.63, 3.8) is 0 Å². The Kier molecular flexibility index (Phi) is 3.71. The van der Waals surface area contributed by atoms with Gasteiger partial charge < -0.3 is 15.1 Å². The zero-order valence-corrected chi connectivity index (χ0v) is 10.3. The molecule has 0 radical (unpaired) electrons. The summed E-state index contributed by atoms with van der Waals surface area (Å²) >= 11 is 0. The van der Waals surface area contributed by atoms with Crippen molar-refractivity contribution in [1.82, 2.24) is 4.90 Å². The third-order valence-corrected chi connectivity index (χ3v) is 3.89. The molecule has 2 aliphatic rings. The summed E-state index contributed by atoms with van der Waals surface area (Å²) in [5.41, 5.74) is -1.65. The first-order valence-electron chi connectivity index (χ1n) is 6.41. The molecule has 0 saturated carbocycles. The lowest BCUT2D eigenvalue weighted by molar-refractivity contribution is -0.165. The van der Waals surface area contributed by atoms with Crippen molar-refractivity contribution in [3.05, 3.63) is 12.2 Å². The smallest absolute Gasteiger partial charge is 0.335 e. The molecule has 2 N–H and O–H groups in total. The molecule has 1 amide bonds. The highest BCUT2D eigenvalue weighted by atomic mass is 16.4. The van der Waals surface area contributed by atoms with Gasteiger partial charge in [-0.25, -0.2) is 4.79 Å². The molecule has 0 aromatic carbocycles. The van der Waals surface area contributed by atoms with E-state index in [0.29, 0.717) is 25.4 Å². The third-order valence-electron chi connectivity index (χ3n) is 3.89. The van der Waals surface area contributed by atoms with Gasteiger partial charge in [-0.05, 0) is 18.8 Å². The van der Waals surface area contributed by atoms with Crippen LogP contribution in [0.25, 0.3) is 0 Å². The lowest BCUT2D eigenvalue weighted by Crippen LogP contribution is -2.51. The van der Waals surface area contributed by atoms with Gasteiger partial charge in [0.05, 0.1) is 0 Å². The molecule has 1 aliphatic heterocycles. The average Bonchev–Trinajstić information content (AvgIpc) is 2.82. The Labute approximate surface area is 106 Å². The van der Waals surface area contributed by atoms with Gasteiger partial charge in [-0.1, -0.05) is 12.2 Å². The van der Waals surface area contributed by atoms with Crippen LogP contribution in [0.2, 0.25) is 0 Å². The summed E-state index contributed by atoms with van der Waals surface area (Å²) in [5, 5.41) is 18.7. The molecule has 2 rings (SSSR count). The van der Waals surface area contributed by atoms with E-state index in [4.69, 9.17) is 5.11 Å². The van der Waals surface area contributed by atoms with Crippen LogP contribution in [0, 0.1) is 5.92 Å². The number of amides is 1. The molecule has 1 saturated heterocycles. The van der Waals surface area contributed by atoms with E-state index in [-0.39, 0.29) is 18.7 Å². The fourth-order valence-corrected chi connectivity index (χ4v) is 2.56. The number of aliphatic hydroxyl groups is 1. The highest BCUT2D eigenvalue weighted by Gasteiger charge is 2.40. The first kappa shape index (κ1) is 13.1. The minimum atomic E-state index is -1.65. The molecule has 1 fully saturated rings. The molecule has 1 atom stereocenters. The monoisotopic (exact) mass is 253 g/mol. The van der Waals surface area contributed by atoms with Crippen molar-refractivity contribution >= 4 is 11.9 Å². The van der Waals surface area contributed by atoms with Crippen molar-refractivity contribution in [2.24, 2.45) is 5.92 Å². The summed E-state index contributed by atoms with van der Waals surface area (Å²) in [6.45, 7) is 0.663. The Morgan fingerprint density at radius 1 is 1.33 bits per heavy atom. The zero-order valence-electron chi connectivity index (χ0n) is 10.3. The predicted molar refractivity (Wildman–Crippen MR) is 64.9 cm³/mol. The number of likely N-dealkylation sites (tertiary alicyclic amines) is 1. The van der Waals surface area contributed by atoms with Gasteiger partial charge in [0.25, 0.3) is 0 Å². The number of rotatable bonds is 3. The SMILES string of the molecule is O=C(C[C@H]1C=CCC1)N1CCC(O)(C(=O)O)CC1. The van der Waals surface area contributed by atoms with E-state index in [1.165, 1.54) is 0 Å². The minimum absolute atomic E-state index is 0.0685. The van der Waals surface area contributed by atoms with Gasteiger partial charge in [-0.15, -0.1) is 0 Å².